The van der Waals surface area contributed by atoms with Crippen LogP contribution in [0.5, 0.6) is 11.5 Å². The van der Waals surface area contributed by atoms with E-state index in [0.717, 1.165) is 15.9 Å². The molecule has 196 valence electrons. The Labute approximate surface area is 220 Å². The molecule has 0 aliphatic carbocycles. The van der Waals surface area contributed by atoms with Gasteiger partial charge < -0.3 is 14.8 Å². The second kappa shape index (κ2) is 11.9. The molecule has 0 spiro atoms. The summed E-state index contributed by atoms with van der Waals surface area (Å²) in [6.07, 6.45) is 0. The first-order valence-electron chi connectivity index (χ1n) is 11.2. The van der Waals surface area contributed by atoms with Gasteiger partial charge >= 0.3 is 0 Å². The lowest BCUT2D eigenvalue weighted by atomic mass is 10.2. The topological polar surface area (TPSA) is 128 Å². The highest BCUT2D eigenvalue weighted by Gasteiger charge is 2.31. The van der Waals surface area contributed by atoms with Crippen molar-refractivity contribution in [2.75, 3.05) is 24.6 Å². The number of halogens is 1. The molecule has 0 aliphatic heterocycles. The van der Waals surface area contributed by atoms with Crippen molar-refractivity contribution >= 4 is 38.9 Å². The fourth-order valence-electron chi connectivity index (χ4n) is 3.49. The highest BCUT2D eigenvalue weighted by Crippen LogP contribution is 2.35. The third kappa shape index (κ3) is 6.69. The molecule has 10 nitrogen and oxygen atoms in total. The summed E-state index contributed by atoms with van der Waals surface area (Å²) in [4.78, 5) is 23.3. The van der Waals surface area contributed by atoms with Crippen LogP contribution in [0.1, 0.15) is 18.1 Å². The number of hydrogen-bond acceptors (Lipinski definition) is 7. The number of anilines is 1. The van der Waals surface area contributed by atoms with E-state index in [1.165, 1.54) is 44.4 Å². The molecular formula is C25H26ClN3O7S. The van der Waals surface area contributed by atoms with Crippen molar-refractivity contribution in [1.29, 1.82) is 0 Å². The van der Waals surface area contributed by atoms with Gasteiger partial charge in [-0.05, 0) is 55.8 Å². The van der Waals surface area contributed by atoms with Gasteiger partial charge in [-0.15, -0.1) is 0 Å². The quantitative estimate of drug-likeness (QED) is 0.277. The van der Waals surface area contributed by atoms with Gasteiger partial charge in [0.2, 0.25) is 5.91 Å². The number of sulfonamides is 1. The first-order chi connectivity index (χ1) is 17.6. The number of nitrogens with one attached hydrogen (secondary N) is 1. The summed E-state index contributed by atoms with van der Waals surface area (Å²) in [5.74, 6) is 0.227. The molecular weight excluding hydrogens is 522 g/mol. The lowest BCUT2D eigenvalue weighted by Crippen LogP contribution is -2.41. The minimum absolute atomic E-state index is 0.00875. The largest absolute Gasteiger partial charge is 0.495 e. The van der Waals surface area contributed by atoms with Crippen LogP contribution >= 0.6 is 11.6 Å². The molecule has 0 atom stereocenters. The first-order valence-corrected chi connectivity index (χ1v) is 13.0. The molecule has 0 saturated heterocycles. The number of hydrogen-bond donors (Lipinski definition) is 1. The van der Waals surface area contributed by atoms with E-state index in [2.05, 4.69) is 5.32 Å². The highest BCUT2D eigenvalue weighted by molar-refractivity contribution is 7.92. The van der Waals surface area contributed by atoms with E-state index in [1.807, 2.05) is 6.92 Å². The van der Waals surface area contributed by atoms with Gasteiger partial charge in [-0.25, -0.2) is 8.42 Å². The molecule has 0 fully saturated rings. The van der Waals surface area contributed by atoms with Gasteiger partial charge in [0, 0.05) is 23.2 Å². The highest BCUT2D eigenvalue weighted by atomic mass is 35.5. The van der Waals surface area contributed by atoms with Crippen LogP contribution in [0.3, 0.4) is 0 Å². The Morgan fingerprint density at radius 1 is 1.11 bits per heavy atom. The zero-order valence-corrected chi connectivity index (χ0v) is 22.0. The van der Waals surface area contributed by atoms with E-state index in [9.17, 15) is 23.3 Å². The summed E-state index contributed by atoms with van der Waals surface area (Å²) in [6, 6.07) is 15.0. The number of carbonyl (C=O) groups is 1. The monoisotopic (exact) mass is 547 g/mol. The Hall–Kier alpha value is -3.83. The summed E-state index contributed by atoms with van der Waals surface area (Å²) in [5.41, 5.74) is 0.720. The molecule has 3 rings (SSSR count). The van der Waals surface area contributed by atoms with Gasteiger partial charge in [0.1, 0.15) is 18.0 Å². The van der Waals surface area contributed by atoms with Crippen molar-refractivity contribution in [1.82, 2.24) is 5.32 Å². The third-order valence-corrected chi connectivity index (χ3v) is 7.38. The Morgan fingerprint density at radius 3 is 2.43 bits per heavy atom. The van der Waals surface area contributed by atoms with Crippen molar-refractivity contribution in [3.05, 3.63) is 86.9 Å². The van der Waals surface area contributed by atoms with Crippen LogP contribution in [0.4, 0.5) is 11.4 Å². The van der Waals surface area contributed by atoms with Crippen LogP contribution in [0, 0.1) is 17.0 Å². The summed E-state index contributed by atoms with van der Waals surface area (Å²) in [5, 5.41) is 14.3. The molecule has 0 bridgehead atoms. The van der Waals surface area contributed by atoms with Crippen molar-refractivity contribution in [2.45, 2.75) is 25.3 Å². The van der Waals surface area contributed by atoms with Crippen LogP contribution in [-0.4, -0.2) is 39.5 Å². The van der Waals surface area contributed by atoms with Gasteiger partial charge in [-0.3, -0.25) is 19.2 Å². The second-order valence-electron chi connectivity index (χ2n) is 7.89. The fraction of sp³-hybridized carbons (Fsp3) is 0.240. The van der Waals surface area contributed by atoms with Gasteiger partial charge in [-0.2, -0.15) is 0 Å². The summed E-state index contributed by atoms with van der Waals surface area (Å²) < 4.78 is 39.0. The zero-order chi connectivity index (χ0) is 27.2. The van der Waals surface area contributed by atoms with Crippen LogP contribution in [0.25, 0.3) is 0 Å². The number of benzene rings is 3. The Balaban J connectivity index is 1.95. The van der Waals surface area contributed by atoms with Crippen LogP contribution in [0.15, 0.2) is 65.6 Å². The van der Waals surface area contributed by atoms with Crippen molar-refractivity contribution in [2.24, 2.45) is 0 Å². The Morgan fingerprint density at radius 2 is 1.81 bits per heavy atom. The number of carbonyl (C=O) groups excluding carboxylic acids is 1. The van der Waals surface area contributed by atoms with Crippen LogP contribution in [-0.2, 0) is 21.4 Å². The first kappa shape index (κ1) is 27.8. The smallest absolute Gasteiger partial charge is 0.273 e. The Kier molecular flexibility index (Phi) is 8.95. The van der Waals surface area contributed by atoms with E-state index in [1.54, 1.807) is 24.3 Å². The fourth-order valence-corrected chi connectivity index (χ4v) is 5.10. The number of ether oxygens (including phenoxy) is 2. The number of methoxy groups -OCH3 is 1. The summed E-state index contributed by atoms with van der Waals surface area (Å²) in [6.45, 7) is 3.41. The molecule has 1 amide bonds. The Bertz CT molecular complexity index is 1400. The maximum absolute atomic E-state index is 13.7. The van der Waals surface area contributed by atoms with Crippen molar-refractivity contribution in [3.8, 4) is 11.5 Å². The van der Waals surface area contributed by atoms with Gasteiger partial charge in [0.15, 0.2) is 0 Å². The van der Waals surface area contributed by atoms with Crippen molar-refractivity contribution < 1.29 is 27.6 Å². The standard InChI is InChI=1S/C25H26ClN3O7S/c1-4-36-20-9-6-18(7-10-20)15-27-25(30)16-28(23-13-19(26)8-12-24(23)35-3)37(33,34)21-11-5-17(2)22(14-21)29(31)32/h5-14H,4,15-16H2,1-3H3,(H,27,30). The van der Waals surface area contributed by atoms with Gasteiger partial charge in [-0.1, -0.05) is 29.8 Å². The molecule has 0 unspecified atom stereocenters. The number of nitro benzene ring substituents is 1. The molecule has 0 aliphatic rings. The van der Waals surface area contributed by atoms with E-state index >= 15 is 0 Å². The lowest BCUT2D eigenvalue weighted by molar-refractivity contribution is -0.385. The predicted octanol–water partition coefficient (Wildman–Crippen LogP) is 4.48. The number of rotatable bonds is 11. The lowest BCUT2D eigenvalue weighted by Gasteiger charge is -2.26. The number of nitro groups is 1. The molecule has 1 N–H and O–H groups in total. The van der Waals surface area contributed by atoms with E-state index in [-0.39, 0.29) is 33.6 Å². The van der Waals surface area contributed by atoms with E-state index in [4.69, 9.17) is 21.1 Å². The molecule has 3 aromatic rings. The minimum Gasteiger partial charge on any atom is -0.495 e. The van der Waals surface area contributed by atoms with Crippen LogP contribution < -0.4 is 19.1 Å². The maximum Gasteiger partial charge on any atom is 0.273 e. The molecule has 37 heavy (non-hydrogen) atoms. The zero-order valence-electron chi connectivity index (χ0n) is 20.4. The third-order valence-electron chi connectivity index (χ3n) is 5.39. The molecule has 0 heterocycles. The summed E-state index contributed by atoms with van der Waals surface area (Å²) in [7, 11) is -3.11. The molecule has 0 radical (unpaired) electrons. The minimum atomic E-state index is -4.45. The van der Waals surface area contributed by atoms with Crippen LogP contribution in [0.2, 0.25) is 5.02 Å². The van der Waals surface area contributed by atoms with E-state index in [0.29, 0.717) is 17.9 Å². The SMILES string of the molecule is CCOc1ccc(CNC(=O)CN(c2cc(Cl)ccc2OC)S(=O)(=O)c2ccc(C)c([N+](=O)[O-])c2)cc1. The normalized spacial score (nSPS) is 11.0. The molecule has 0 aromatic heterocycles. The number of amides is 1. The molecule has 0 saturated carbocycles. The summed E-state index contributed by atoms with van der Waals surface area (Å²) >= 11 is 6.14. The number of aryl methyl sites for hydroxylation is 1. The van der Waals surface area contributed by atoms with Gasteiger partial charge in [0.05, 0.1) is 29.2 Å². The molecule has 12 heteroatoms. The van der Waals surface area contributed by atoms with Crippen molar-refractivity contribution in [3.63, 3.8) is 0 Å². The average Bonchev–Trinajstić information content (AvgIpc) is 2.87. The van der Waals surface area contributed by atoms with E-state index < -0.39 is 27.4 Å². The average molecular weight is 548 g/mol. The molecule has 3 aromatic carbocycles. The maximum atomic E-state index is 13.7. The van der Waals surface area contributed by atoms with Gasteiger partial charge in [0.25, 0.3) is 15.7 Å². The second-order valence-corrected chi connectivity index (χ2v) is 10.2. The predicted molar refractivity (Wildman–Crippen MR) is 140 cm³/mol. The number of nitrogens with zero attached hydrogens (tertiary/aromatic N) is 2.